The predicted molar refractivity (Wildman–Crippen MR) is 104 cm³/mol. The van der Waals surface area contributed by atoms with Gasteiger partial charge in [-0.3, -0.25) is 15.6 Å². The first kappa shape index (κ1) is 18.0. The molecule has 0 aromatic heterocycles. The monoisotopic (exact) mass is 371 g/mol. The van der Waals surface area contributed by atoms with Crippen molar-refractivity contribution >= 4 is 28.9 Å². The maximum Gasteiger partial charge on any atom is 0.283 e. The van der Waals surface area contributed by atoms with Crippen molar-refractivity contribution in [3.05, 3.63) is 54.1 Å². The van der Waals surface area contributed by atoms with Gasteiger partial charge in [-0.15, -0.1) is 0 Å². The van der Waals surface area contributed by atoms with Gasteiger partial charge in [-0.2, -0.15) is 0 Å². The van der Waals surface area contributed by atoms with Gasteiger partial charge in [0.05, 0.1) is 0 Å². The number of ether oxygens (including phenoxy) is 2. The van der Waals surface area contributed by atoms with Crippen LogP contribution in [0.25, 0.3) is 0 Å². The van der Waals surface area contributed by atoms with E-state index in [9.17, 15) is 4.79 Å². The highest BCUT2D eigenvalue weighted by atomic mass is 32.1. The molecule has 0 fully saturated rings. The SMILES string of the molecule is CC(C)c1ccc(NC(=S)NNC(=O)C2COc3ccccc3O2)cc1. The topological polar surface area (TPSA) is 71.6 Å². The number of carbonyl (C=O) groups excluding carboxylic acids is 1. The Balaban J connectivity index is 1.48. The number of hydrogen-bond acceptors (Lipinski definition) is 4. The lowest BCUT2D eigenvalue weighted by molar-refractivity contribution is -0.130. The zero-order valence-corrected chi connectivity index (χ0v) is 15.4. The second-order valence-electron chi connectivity index (χ2n) is 6.21. The van der Waals surface area contributed by atoms with Crippen molar-refractivity contribution < 1.29 is 14.3 Å². The van der Waals surface area contributed by atoms with Crippen LogP contribution >= 0.6 is 12.2 Å². The van der Waals surface area contributed by atoms with E-state index in [1.54, 1.807) is 12.1 Å². The summed E-state index contributed by atoms with van der Waals surface area (Å²) in [4.78, 5) is 12.2. The molecule has 0 aliphatic carbocycles. The summed E-state index contributed by atoms with van der Waals surface area (Å²) in [6.07, 6.45) is -0.745. The molecule has 0 spiro atoms. The smallest absolute Gasteiger partial charge is 0.283 e. The number of benzene rings is 2. The molecule has 0 saturated heterocycles. The van der Waals surface area contributed by atoms with Crippen molar-refractivity contribution in [2.45, 2.75) is 25.9 Å². The quantitative estimate of drug-likeness (QED) is 0.569. The van der Waals surface area contributed by atoms with Gasteiger partial charge < -0.3 is 14.8 Å². The molecule has 136 valence electrons. The average molecular weight is 371 g/mol. The van der Waals surface area contributed by atoms with Gasteiger partial charge in [-0.05, 0) is 48.0 Å². The van der Waals surface area contributed by atoms with E-state index < -0.39 is 6.10 Å². The van der Waals surface area contributed by atoms with Crippen LogP contribution in [-0.4, -0.2) is 23.7 Å². The van der Waals surface area contributed by atoms with E-state index in [0.29, 0.717) is 17.4 Å². The Morgan fingerprint density at radius 3 is 2.46 bits per heavy atom. The number of anilines is 1. The summed E-state index contributed by atoms with van der Waals surface area (Å²) in [5, 5.41) is 3.30. The van der Waals surface area contributed by atoms with Gasteiger partial charge in [0.15, 0.2) is 16.6 Å². The fraction of sp³-hybridized carbons (Fsp3) is 0.263. The summed E-state index contributed by atoms with van der Waals surface area (Å²) in [7, 11) is 0. The van der Waals surface area contributed by atoms with Crippen molar-refractivity contribution in [1.82, 2.24) is 10.9 Å². The standard InChI is InChI=1S/C19H21N3O3S/c1-12(2)13-7-9-14(10-8-13)20-19(26)22-21-18(23)17-11-24-15-5-3-4-6-16(15)25-17/h3-10,12,17H,11H2,1-2H3,(H,21,23)(H2,20,22,26). The molecule has 1 atom stereocenters. The largest absolute Gasteiger partial charge is 0.485 e. The summed E-state index contributed by atoms with van der Waals surface area (Å²) >= 11 is 5.19. The van der Waals surface area contributed by atoms with Gasteiger partial charge in [-0.25, -0.2) is 0 Å². The van der Waals surface area contributed by atoms with Gasteiger partial charge in [0, 0.05) is 5.69 Å². The molecule has 1 amide bonds. The molecular weight excluding hydrogens is 350 g/mol. The van der Waals surface area contributed by atoms with Crippen molar-refractivity contribution in [3.8, 4) is 11.5 Å². The molecule has 1 aliphatic heterocycles. The van der Waals surface area contributed by atoms with E-state index in [1.807, 2.05) is 36.4 Å². The van der Waals surface area contributed by atoms with Crippen LogP contribution < -0.4 is 25.6 Å². The van der Waals surface area contributed by atoms with Crippen LogP contribution in [0.2, 0.25) is 0 Å². The number of fused-ring (bicyclic) bond motifs is 1. The van der Waals surface area contributed by atoms with Crippen LogP contribution in [0.5, 0.6) is 11.5 Å². The lowest BCUT2D eigenvalue weighted by atomic mass is 10.0. The Morgan fingerprint density at radius 2 is 1.77 bits per heavy atom. The van der Waals surface area contributed by atoms with Crippen molar-refractivity contribution in [1.29, 1.82) is 0 Å². The Morgan fingerprint density at radius 1 is 1.08 bits per heavy atom. The highest BCUT2D eigenvalue weighted by molar-refractivity contribution is 7.80. The molecule has 2 aromatic rings. The number of hydrazine groups is 1. The lowest BCUT2D eigenvalue weighted by Crippen LogP contribution is -2.51. The molecule has 7 heteroatoms. The first-order chi connectivity index (χ1) is 12.5. The molecule has 2 aromatic carbocycles. The second kappa shape index (κ2) is 8.05. The fourth-order valence-corrected chi connectivity index (χ4v) is 2.63. The third-order valence-corrected chi connectivity index (χ3v) is 4.14. The maximum absolute atomic E-state index is 12.2. The molecule has 0 bridgehead atoms. The number of thiocarbonyl (C=S) groups is 1. The van der Waals surface area contributed by atoms with Crippen molar-refractivity contribution in [2.24, 2.45) is 0 Å². The van der Waals surface area contributed by atoms with Crippen molar-refractivity contribution in [3.63, 3.8) is 0 Å². The Labute approximate surface area is 157 Å². The van der Waals surface area contributed by atoms with Crippen LogP contribution in [-0.2, 0) is 4.79 Å². The van der Waals surface area contributed by atoms with Crippen LogP contribution in [0.4, 0.5) is 5.69 Å². The van der Waals surface area contributed by atoms with Gasteiger partial charge in [0.25, 0.3) is 5.91 Å². The Bertz CT molecular complexity index is 793. The van der Waals surface area contributed by atoms with Crippen LogP contribution in [0.15, 0.2) is 48.5 Å². The zero-order valence-electron chi connectivity index (χ0n) is 14.6. The molecule has 0 saturated carbocycles. The number of hydrogen-bond donors (Lipinski definition) is 3. The summed E-state index contributed by atoms with van der Waals surface area (Å²) in [5.41, 5.74) is 7.30. The minimum atomic E-state index is -0.745. The van der Waals surface area contributed by atoms with E-state index in [2.05, 4.69) is 30.0 Å². The number of nitrogens with one attached hydrogen (secondary N) is 3. The number of amides is 1. The number of para-hydroxylation sites is 2. The van der Waals surface area contributed by atoms with E-state index in [-0.39, 0.29) is 17.6 Å². The van der Waals surface area contributed by atoms with E-state index in [1.165, 1.54) is 5.56 Å². The van der Waals surface area contributed by atoms with Crippen molar-refractivity contribution in [2.75, 3.05) is 11.9 Å². The lowest BCUT2D eigenvalue weighted by Gasteiger charge is -2.25. The van der Waals surface area contributed by atoms with Crippen LogP contribution in [0.3, 0.4) is 0 Å². The number of rotatable bonds is 3. The molecule has 1 aliphatic rings. The zero-order chi connectivity index (χ0) is 18.5. The van der Waals surface area contributed by atoms with Gasteiger partial charge in [0.1, 0.15) is 6.61 Å². The summed E-state index contributed by atoms with van der Waals surface area (Å²) < 4.78 is 11.2. The second-order valence-corrected chi connectivity index (χ2v) is 6.62. The number of carbonyl (C=O) groups is 1. The van der Waals surface area contributed by atoms with Crippen LogP contribution in [0.1, 0.15) is 25.3 Å². The molecule has 3 rings (SSSR count). The Hall–Kier alpha value is -2.80. The van der Waals surface area contributed by atoms with Gasteiger partial charge in [-0.1, -0.05) is 38.1 Å². The fourth-order valence-electron chi connectivity index (χ4n) is 2.46. The summed E-state index contributed by atoms with van der Waals surface area (Å²) in [6, 6.07) is 15.2. The first-order valence-electron chi connectivity index (χ1n) is 8.38. The minimum Gasteiger partial charge on any atom is -0.485 e. The molecule has 26 heavy (non-hydrogen) atoms. The van der Waals surface area contributed by atoms with Gasteiger partial charge in [0.2, 0.25) is 6.10 Å². The highest BCUT2D eigenvalue weighted by Gasteiger charge is 2.27. The third-order valence-electron chi connectivity index (χ3n) is 3.94. The molecular formula is C19H21N3O3S. The van der Waals surface area contributed by atoms with E-state index in [0.717, 1.165) is 5.69 Å². The average Bonchev–Trinajstić information content (AvgIpc) is 2.66. The molecule has 3 N–H and O–H groups in total. The maximum atomic E-state index is 12.2. The minimum absolute atomic E-state index is 0.140. The molecule has 1 heterocycles. The summed E-state index contributed by atoms with van der Waals surface area (Å²) in [5.74, 6) is 1.28. The molecule has 1 unspecified atom stereocenters. The third kappa shape index (κ3) is 4.43. The van der Waals surface area contributed by atoms with Gasteiger partial charge >= 0.3 is 0 Å². The van der Waals surface area contributed by atoms with E-state index in [4.69, 9.17) is 21.7 Å². The Kier molecular flexibility index (Phi) is 5.58. The highest BCUT2D eigenvalue weighted by Crippen LogP contribution is 2.30. The first-order valence-corrected chi connectivity index (χ1v) is 8.79. The van der Waals surface area contributed by atoms with Crippen LogP contribution in [0, 0.1) is 0 Å². The molecule has 6 nitrogen and oxygen atoms in total. The van der Waals surface area contributed by atoms with E-state index >= 15 is 0 Å². The molecule has 0 radical (unpaired) electrons. The predicted octanol–water partition coefficient (Wildman–Crippen LogP) is 2.97. The summed E-state index contributed by atoms with van der Waals surface area (Å²) in [6.45, 7) is 4.42. The normalized spacial score (nSPS) is 15.3.